The van der Waals surface area contributed by atoms with Crippen LogP contribution in [0.15, 0.2) is 0 Å². The summed E-state index contributed by atoms with van der Waals surface area (Å²) in [6, 6.07) is 0. The minimum atomic E-state index is 0.00488. The summed E-state index contributed by atoms with van der Waals surface area (Å²) in [5, 5.41) is 10.1. The molecule has 0 bridgehead atoms. The van der Waals surface area contributed by atoms with E-state index >= 15 is 0 Å². The van der Waals surface area contributed by atoms with E-state index in [2.05, 4.69) is 13.8 Å². The van der Waals surface area contributed by atoms with Crippen molar-refractivity contribution in [1.29, 1.82) is 0 Å². The van der Waals surface area contributed by atoms with Gasteiger partial charge in [0.05, 0.1) is 6.10 Å². The Morgan fingerprint density at radius 3 is 2.35 bits per heavy atom. The zero-order valence-corrected chi connectivity index (χ0v) is 13.3. The van der Waals surface area contributed by atoms with Gasteiger partial charge in [-0.2, -0.15) is 0 Å². The Hall–Kier alpha value is -0.0400. The quantitative estimate of drug-likeness (QED) is 0.691. The maximum absolute atomic E-state index is 10.1. The predicted molar refractivity (Wildman–Crippen MR) is 82.2 cm³/mol. The average molecular weight is 276 g/mol. The first-order valence-corrected chi connectivity index (χ1v) is 9.35. The van der Waals surface area contributed by atoms with E-state index in [4.69, 9.17) is 0 Å². The largest absolute Gasteiger partial charge is 0.393 e. The van der Waals surface area contributed by atoms with Crippen molar-refractivity contribution in [1.82, 2.24) is 0 Å². The van der Waals surface area contributed by atoms with Crippen molar-refractivity contribution in [3.8, 4) is 0 Å². The highest BCUT2D eigenvalue weighted by Crippen LogP contribution is 2.61. The fourth-order valence-corrected chi connectivity index (χ4v) is 7.21. The molecule has 1 heteroatoms. The molecule has 0 aliphatic heterocycles. The van der Waals surface area contributed by atoms with Gasteiger partial charge in [0.25, 0.3) is 0 Å². The molecule has 1 nitrogen and oxygen atoms in total. The van der Waals surface area contributed by atoms with Gasteiger partial charge in [0.1, 0.15) is 0 Å². The first-order chi connectivity index (χ1) is 9.66. The summed E-state index contributed by atoms with van der Waals surface area (Å²) in [5.74, 6) is 7.72. The van der Waals surface area contributed by atoms with Crippen molar-refractivity contribution in [2.75, 3.05) is 0 Å². The highest BCUT2D eigenvalue weighted by molar-refractivity contribution is 5.03. The molecule has 4 fully saturated rings. The fourth-order valence-electron chi connectivity index (χ4n) is 7.21. The van der Waals surface area contributed by atoms with Crippen LogP contribution in [0.1, 0.15) is 65.2 Å². The summed E-state index contributed by atoms with van der Waals surface area (Å²) < 4.78 is 0. The van der Waals surface area contributed by atoms with E-state index in [-0.39, 0.29) is 6.10 Å². The van der Waals surface area contributed by atoms with Crippen LogP contribution in [0.5, 0.6) is 0 Å². The van der Waals surface area contributed by atoms with E-state index in [1.807, 2.05) is 0 Å². The van der Waals surface area contributed by atoms with Crippen molar-refractivity contribution >= 4 is 0 Å². The Balaban J connectivity index is 1.63. The highest BCUT2D eigenvalue weighted by atomic mass is 16.3. The minimum Gasteiger partial charge on any atom is -0.393 e. The number of hydrogen-bond acceptors (Lipinski definition) is 1. The minimum absolute atomic E-state index is 0.00488. The van der Waals surface area contributed by atoms with Crippen LogP contribution in [0.2, 0.25) is 0 Å². The van der Waals surface area contributed by atoms with Crippen LogP contribution in [0.3, 0.4) is 0 Å². The Bertz CT molecular complexity index is 365. The number of rotatable bonds is 0. The molecule has 0 saturated heterocycles. The van der Waals surface area contributed by atoms with Gasteiger partial charge in [-0.3, -0.25) is 0 Å². The topological polar surface area (TPSA) is 20.2 Å². The summed E-state index contributed by atoms with van der Waals surface area (Å²) >= 11 is 0. The smallest absolute Gasteiger partial charge is 0.0543 e. The molecule has 9 atom stereocenters. The van der Waals surface area contributed by atoms with Gasteiger partial charge in [-0.05, 0) is 85.9 Å². The van der Waals surface area contributed by atoms with Crippen LogP contribution in [0.25, 0.3) is 0 Å². The van der Waals surface area contributed by atoms with Gasteiger partial charge in [0.15, 0.2) is 0 Å². The van der Waals surface area contributed by atoms with Crippen molar-refractivity contribution in [2.24, 2.45) is 47.3 Å². The first-order valence-electron chi connectivity index (χ1n) is 9.35. The van der Waals surface area contributed by atoms with Crippen LogP contribution in [0, 0.1) is 47.3 Å². The number of fused-ring (bicyclic) bond motifs is 5. The molecule has 1 N–H and O–H groups in total. The molecule has 0 amide bonds. The molecular formula is C19H32O. The summed E-state index contributed by atoms with van der Waals surface area (Å²) in [7, 11) is 0. The normalized spacial score (nSPS) is 58.6. The van der Waals surface area contributed by atoms with Crippen LogP contribution < -0.4 is 0 Å². The van der Waals surface area contributed by atoms with Crippen LogP contribution >= 0.6 is 0 Å². The van der Waals surface area contributed by atoms with E-state index in [9.17, 15) is 5.11 Å². The fraction of sp³-hybridized carbons (Fsp3) is 1.00. The van der Waals surface area contributed by atoms with Gasteiger partial charge in [-0.15, -0.1) is 0 Å². The molecule has 114 valence electrons. The van der Waals surface area contributed by atoms with Crippen LogP contribution in [-0.4, -0.2) is 11.2 Å². The van der Waals surface area contributed by atoms with E-state index < -0.39 is 0 Å². The van der Waals surface area contributed by atoms with Gasteiger partial charge in [0.2, 0.25) is 0 Å². The molecule has 9 unspecified atom stereocenters. The summed E-state index contributed by atoms with van der Waals surface area (Å²) in [4.78, 5) is 0. The van der Waals surface area contributed by atoms with Gasteiger partial charge in [0, 0.05) is 0 Å². The molecule has 0 aromatic carbocycles. The lowest BCUT2D eigenvalue weighted by Crippen LogP contribution is -2.52. The summed E-state index contributed by atoms with van der Waals surface area (Å²) in [6.07, 6.45) is 11.1. The zero-order valence-electron chi connectivity index (χ0n) is 13.3. The van der Waals surface area contributed by atoms with E-state index in [1.54, 1.807) is 0 Å². The lowest BCUT2D eigenvalue weighted by Gasteiger charge is -2.57. The van der Waals surface area contributed by atoms with Gasteiger partial charge >= 0.3 is 0 Å². The Morgan fingerprint density at radius 2 is 1.50 bits per heavy atom. The first kappa shape index (κ1) is 13.6. The molecule has 0 aromatic heterocycles. The van der Waals surface area contributed by atoms with Gasteiger partial charge in [-0.25, -0.2) is 0 Å². The molecule has 0 heterocycles. The molecular weight excluding hydrogens is 244 g/mol. The third kappa shape index (κ3) is 1.91. The number of aliphatic hydroxyl groups is 1. The van der Waals surface area contributed by atoms with E-state index in [1.165, 1.54) is 38.5 Å². The Morgan fingerprint density at radius 1 is 0.700 bits per heavy atom. The predicted octanol–water partition coefficient (Wildman–Crippen LogP) is 4.49. The summed E-state index contributed by atoms with van der Waals surface area (Å²) in [6.45, 7) is 5.06. The molecule has 4 rings (SSSR count). The Kier molecular flexibility index (Phi) is 3.41. The monoisotopic (exact) mass is 276 g/mol. The van der Waals surface area contributed by atoms with Gasteiger partial charge < -0.3 is 5.11 Å². The molecule has 20 heavy (non-hydrogen) atoms. The molecule has 0 radical (unpaired) electrons. The zero-order chi connectivity index (χ0) is 13.9. The van der Waals surface area contributed by atoms with Crippen molar-refractivity contribution in [3.05, 3.63) is 0 Å². The lowest BCUT2D eigenvalue weighted by atomic mass is 9.48. The van der Waals surface area contributed by atoms with Crippen LogP contribution in [-0.2, 0) is 0 Å². The van der Waals surface area contributed by atoms with Gasteiger partial charge in [-0.1, -0.05) is 26.7 Å². The van der Waals surface area contributed by atoms with Crippen molar-refractivity contribution in [2.45, 2.75) is 71.3 Å². The second-order valence-corrected chi connectivity index (χ2v) is 8.69. The third-order valence-electron chi connectivity index (χ3n) is 8.17. The SMILES string of the molecule is CC1C(C)C2C3CCCC3CCC2C2CCC(O)CC12. The second kappa shape index (κ2) is 5.00. The maximum atomic E-state index is 10.1. The standard InChI is InChI=1S/C19H32O/c1-11-12(2)19-15-5-3-4-13(15)6-8-17(19)16-9-7-14(20)10-18(11)16/h11-20H,3-10H2,1-2H3. The molecule has 0 spiro atoms. The highest BCUT2D eigenvalue weighted by Gasteiger charge is 2.54. The van der Waals surface area contributed by atoms with E-state index in [0.29, 0.717) is 0 Å². The second-order valence-electron chi connectivity index (χ2n) is 8.69. The molecule has 4 aliphatic carbocycles. The molecule has 4 saturated carbocycles. The number of hydrogen-bond donors (Lipinski definition) is 1. The Labute approximate surface area is 124 Å². The number of aliphatic hydroxyl groups excluding tert-OH is 1. The third-order valence-corrected chi connectivity index (χ3v) is 8.17. The lowest BCUT2D eigenvalue weighted by molar-refractivity contribution is -0.103. The summed E-state index contributed by atoms with van der Waals surface area (Å²) in [5.41, 5.74) is 0. The van der Waals surface area contributed by atoms with Crippen LogP contribution in [0.4, 0.5) is 0 Å². The average Bonchev–Trinajstić information content (AvgIpc) is 2.92. The maximum Gasteiger partial charge on any atom is 0.0543 e. The molecule has 4 aliphatic rings. The molecule has 0 aromatic rings. The van der Waals surface area contributed by atoms with E-state index in [0.717, 1.165) is 60.2 Å². The van der Waals surface area contributed by atoms with Crippen molar-refractivity contribution < 1.29 is 5.11 Å². The van der Waals surface area contributed by atoms with Crippen molar-refractivity contribution in [3.63, 3.8) is 0 Å².